The monoisotopic (exact) mass is 294 g/mol. The second kappa shape index (κ2) is 4.46. The van der Waals surface area contributed by atoms with Crippen molar-refractivity contribution in [3.63, 3.8) is 0 Å². The highest BCUT2D eigenvalue weighted by Gasteiger charge is 2.35. The van der Waals surface area contributed by atoms with E-state index in [4.69, 9.17) is 4.42 Å². The molecule has 3 fully saturated rings. The summed E-state index contributed by atoms with van der Waals surface area (Å²) >= 11 is 0. The zero-order valence-electron chi connectivity index (χ0n) is 12.4. The quantitative estimate of drug-likeness (QED) is 0.692. The van der Waals surface area contributed by atoms with Crippen LogP contribution in [0.1, 0.15) is 18.9 Å². The lowest BCUT2D eigenvalue weighted by Gasteiger charge is -2.45. The predicted octanol–water partition coefficient (Wildman–Crippen LogP) is 3.01. The van der Waals surface area contributed by atoms with Gasteiger partial charge in [0.1, 0.15) is 11.2 Å². The Labute approximate surface area is 127 Å². The number of hydrogen-bond acceptors (Lipinski definition) is 3. The van der Waals surface area contributed by atoms with Crippen LogP contribution in [-0.2, 0) is 0 Å². The van der Waals surface area contributed by atoms with Gasteiger partial charge in [0, 0.05) is 18.1 Å². The molecule has 1 atom stereocenters. The van der Waals surface area contributed by atoms with E-state index in [9.17, 15) is 4.79 Å². The van der Waals surface area contributed by atoms with E-state index in [0.29, 0.717) is 17.5 Å². The van der Waals surface area contributed by atoms with Crippen molar-refractivity contribution >= 4 is 21.9 Å². The van der Waals surface area contributed by atoms with Gasteiger partial charge in [-0.25, -0.2) is 0 Å². The third-order valence-corrected chi connectivity index (χ3v) is 5.44. The molecule has 3 aliphatic rings. The summed E-state index contributed by atoms with van der Waals surface area (Å²) in [5.74, 6) is 0.637. The van der Waals surface area contributed by atoms with Crippen molar-refractivity contribution in [1.29, 1.82) is 0 Å². The van der Waals surface area contributed by atoms with Gasteiger partial charge in [-0.15, -0.1) is 0 Å². The van der Waals surface area contributed by atoms with Crippen LogP contribution in [0.5, 0.6) is 0 Å². The lowest BCUT2D eigenvalue weighted by atomic mass is 9.84. The number of piperidine rings is 3. The molecule has 0 aliphatic carbocycles. The molecule has 112 valence electrons. The number of benzene rings is 1. The van der Waals surface area contributed by atoms with Gasteiger partial charge < -0.3 is 13.9 Å². The van der Waals surface area contributed by atoms with Crippen LogP contribution in [-0.4, -0.2) is 29.1 Å². The highest BCUT2D eigenvalue weighted by molar-refractivity contribution is 6.04. The van der Waals surface area contributed by atoms with E-state index in [1.165, 1.54) is 25.9 Å². The van der Waals surface area contributed by atoms with Gasteiger partial charge in [-0.05, 0) is 44.0 Å². The van der Waals surface area contributed by atoms with E-state index in [-0.39, 0.29) is 5.56 Å². The van der Waals surface area contributed by atoms with Gasteiger partial charge in [-0.2, -0.15) is 0 Å². The molecule has 2 aromatic heterocycles. The third-order valence-electron chi connectivity index (χ3n) is 5.44. The van der Waals surface area contributed by atoms with E-state index < -0.39 is 0 Å². The summed E-state index contributed by atoms with van der Waals surface area (Å²) in [5, 5.41) is 1.66. The molecule has 4 heteroatoms. The number of hydrogen-bond donors (Lipinski definition) is 0. The average molecular weight is 294 g/mol. The van der Waals surface area contributed by atoms with Crippen LogP contribution in [0, 0.1) is 5.92 Å². The van der Waals surface area contributed by atoms with Gasteiger partial charge in [0.2, 0.25) is 0 Å². The lowest BCUT2D eigenvalue weighted by Crippen LogP contribution is -2.49. The maximum Gasteiger partial charge on any atom is 0.262 e. The van der Waals surface area contributed by atoms with Gasteiger partial charge in [0.25, 0.3) is 5.56 Å². The summed E-state index contributed by atoms with van der Waals surface area (Å²) in [4.78, 5) is 15.5. The maximum absolute atomic E-state index is 13.1. The molecule has 1 aromatic carbocycles. The Morgan fingerprint density at radius 3 is 2.64 bits per heavy atom. The van der Waals surface area contributed by atoms with Crippen LogP contribution in [0.3, 0.4) is 0 Å². The molecule has 22 heavy (non-hydrogen) atoms. The molecule has 0 saturated carbocycles. The zero-order chi connectivity index (χ0) is 14.7. The van der Waals surface area contributed by atoms with E-state index in [2.05, 4.69) is 4.90 Å². The second-order valence-electron chi connectivity index (χ2n) is 6.57. The van der Waals surface area contributed by atoms with Crippen molar-refractivity contribution in [1.82, 2.24) is 9.47 Å². The molecule has 6 rings (SSSR count). The normalized spacial score (nSPS) is 27.7. The standard InChI is InChI=1S/C18H18N2O2/c21-18-17-13-3-1-2-4-15(13)22-16(17)7-10-20(18)14-11-19-8-5-12(14)6-9-19/h1-4,7,10,12,14H,5-6,8-9,11H2. The SMILES string of the molecule is O=c1c2c(ccn1C1CN3CCC1CC3)oc1ccccc12. The van der Waals surface area contributed by atoms with E-state index >= 15 is 0 Å². The number of rotatable bonds is 1. The maximum atomic E-state index is 13.1. The molecular formula is C18H18N2O2. The molecule has 3 aliphatic heterocycles. The first-order valence-corrected chi connectivity index (χ1v) is 8.06. The molecule has 0 amide bonds. The van der Waals surface area contributed by atoms with Gasteiger partial charge in [0.15, 0.2) is 0 Å². The Hall–Kier alpha value is -2.07. The number of fused-ring (bicyclic) bond motifs is 6. The molecule has 0 spiro atoms. The molecule has 5 heterocycles. The average Bonchev–Trinajstić information content (AvgIpc) is 2.95. The van der Waals surface area contributed by atoms with Crippen LogP contribution in [0.4, 0.5) is 0 Å². The molecule has 2 bridgehead atoms. The molecule has 3 aromatic rings. The van der Waals surface area contributed by atoms with E-state index in [1.54, 1.807) is 0 Å². The smallest absolute Gasteiger partial charge is 0.262 e. The number of aromatic nitrogens is 1. The Kier molecular flexibility index (Phi) is 2.53. The summed E-state index contributed by atoms with van der Waals surface area (Å²) in [5.41, 5.74) is 1.59. The molecule has 3 saturated heterocycles. The van der Waals surface area contributed by atoms with Crippen molar-refractivity contribution in [2.75, 3.05) is 19.6 Å². The van der Waals surface area contributed by atoms with Gasteiger partial charge in [-0.1, -0.05) is 18.2 Å². The highest BCUT2D eigenvalue weighted by atomic mass is 16.3. The number of furan rings is 1. The van der Waals surface area contributed by atoms with E-state index in [0.717, 1.165) is 22.9 Å². The Bertz CT molecular complexity index is 916. The van der Waals surface area contributed by atoms with Crippen molar-refractivity contribution < 1.29 is 4.42 Å². The van der Waals surface area contributed by atoms with Crippen molar-refractivity contribution in [3.05, 3.63) is 46.9 Å². The fourth-order valence-electron chi connectivity index (χ4n) is 4.26. The Morgan fingerprint density at radius 2 is 1.86 bits per heavy atom. The minimum Gasteiger partial charge on any atom is -0.456 e. The number of para-hydroxylation sites is 1. The van der Waals surface area contributed by atoms with Gasteiger partial charge >= 0.3 is 0 Å². The highest BCUT2D eigenvalue weighted by Crippen LogP contribution is 2.35. The third kappa shape index (κ3) is 1.64. The van der Waals surface area contributed by atoms with Gasteiger partial charge in [-0.3, -0.25) is 4.79 Å². The molecule has 0 N–H and O–H groups in total. The first kappa shape index (κ1) is 12.5. The topological polar surface area (TPSA) is 38.4 Å². The second-order valence-corrected chi connectivity index (χ2v) is 6.57. The Balaban J connectivity index is 1.73. The lowest BCUT2D eigenvalue weighted by molar-refractivity contribution is 0.0556. The first-order chi connectivity index (χ1) is 10.8. The predicted molar refractivity (Wildman–Crippen MR) is 86.2 cm³/mol. The van der Waals surface area contributed by atoms with Gasteiger partial charge in [0.05, 0.1) is 11.4 Å². The number of nitrogens with zero attached hydrogens (tertiary/aromatic N) is 2. The van der Waals surface area contributed by atoms with Crippen molar-refractivity contribution in [3.8, 4) is 0 Å². The number of pyridine rings is 1. The van der Waals surface area contributed by atoms with Crippen LogP contribution >= 0.6 is 0 Å². The van der Waals surface area contributed by atoms with Crippen LogP contribution in [0.25, 0.3) is 21.9 Å². The zero-order valence-corrected chi connectivity index (χ0v) is 12.4. The van der Waals surface area contributed by atoms with Crippen molar-refractivity contribution in [2.45, 2.75) is 18.9 Å². The molecule has 1 unspecified atom stereocenters. The fourth-order valence-corrected chi connectivity index (χ4v) is 4.26. The van der Waals surface area contributed by atoms with Crippen LogP contribution in [0.2, 0.25) is 0 Å². The summed E-state index contributed by atoms with van der Waals surface area (Å²) in [7, 11) is 0. The minimum absolute atomic E-state index is 0.0983. The summed E-state index contributed by atoms with van der Waals surface area (Å²) in [6.45, 7) is 3.38. The molecule has 0 radical (unpaired) electrons. The van der Waals surface area contributed by atoms with E-state index in [1.807, 2.05) is 41.1 Å². The summed E-state index contributed by atoms with van der Waals surface area (Å²) < 4.78 is 7.77. The molecular weight excluding hydrogens is 276 g/mol. The first-order valence-electron chi connectivity index (χ1n) is 8.06. The minimum atomic E-state index is 0.0983. The Morgan fingerprint density at radius 1 is 1.05 bits per heavy atom. The van der Waals surface area contributed by atoms with Crippen LogP contribution in [0.15, 0.2) is 45.7 Å². The van der Waals surface area contributed by atoms with Crippen molar-refractivity contribution in [2.24, 2.45) is 5.92 Å². The summed E-state index contributed by atoms with van der Waals surface area (Å²) in [6, 6.07) is 10.1. The van der Waals surface area contributed by atoms with Crippen LogP contribution < -0.4 is 5.56 Å². The largest absolute Gasteiger partial charge is 0.456 e. The fraction of sp³-hybridized carbons (Fsp3) is 0.389. The molecule has 4 nitrogen and oxygen atoms in total. The summed E-state index contributed by atoms with van der Waals surface area (Å²) in [6.07, 6.45) is 4.35.